The number of ether oxygens (including phenoxy) is 1. The van der Waals surface area contributed by atoms with Gasteiger partial charge in [0.2, 0.25) is 0 Å². The number of nitriles is 1. The number of nitrogens with zero attached hydrogens (tertiary/aromatic N) is 1. The van der Waals surface area contributed by atoms with Crippen LogP contribution in [0, 0.1) is 11.3 Å². The van der Waals surface area contributed by atoms with Crippen LogP contribution in [-0.4, -0.2) is 19.1 Å². The molecule has 0 saturated carbocycles. The Bertz CT molecular complexity index is 396. The van der Waals surface area contributed by atoms with Crippen molar-refractivity contribution >= 4 is 5.97 Å². The molecule has 16 heavy (non-hydrogen) atoms. The molecule has 1 aromatic rings. The summed E-state index contributed by atoms with van der Waals surface area (Å²) >= 11 is 0. The molecule has 4 heteroatoms. The van der Waals surface area contributed by atoms with Crippen molar-refractivity contribution in [3.63, 3.8) is 0 Å². The molecular weight excluding hydrogens is 204 g/mol. The van der Waals surface area contributed by atoms with Gasteiger partial charge in [0, 0.05) is 6.54 Å². The fourth-order valence-electron chi connectivity index (χ4n) is 1.27. The highest BCUT2D eigenvalue weighted by Crippen LogP contribution is 2.03. The van der Waals surface area contributed by atoms with Crippen LogP contribution in [0.3, 0.4) is 0 Å². The van der Waals surface area contributed by atoms with Crippen molar-refractivity contribution in [1.29, 1.82) is 5.26 Å². The topological polar surface area (TPSA) is 62.1 Å². The minimum atomic E-state index is -0.265. The quantitative estimate of drug-likeness (QED) is 0.754. The van der Waals surface area contributed by atoms with Gasteiger partial charge in [0.05, 0.1) is 24.8 Å². The molecule has 0 spiro atoms. The van der Waals surface area contributed by atoms with Gasteiger partial charge in [-0.3, -0.25) is 4.79 Å². The van der Waals surface area contributed by atoms with E-state index < -0.39 is 0 Å². The van der Waals surface area contributed by atoms with E-state index in [1.54, 1.807) is 19.1 Å². The second-order valence-electron chi connectivity index (χ2n) is 3.22. The third-order valence-corrected chi connectivity index (χ3v) is 1.96. The van der Waals surface area contributed by atoms with Crippen LogP contribution in [0.2, 0.25) is 0 Å². The van der Waals surface area contributed by atoms with E-state index >= 15 is 0 Å². The van der Waals surface area contributed by atoms with Crippen molar-refractivity contribution < 1.29 is 9.53 Å². The van der Waals surface area contributed by atoms with E-state index in [4.69, 9.17) is 10.00 Å². The Hall–Kier alpha value is -1.86. The second-order valence-corrected chi connectivity index (χ2v) is 3.22. The van der Waals surface area contributed by atoms with E-state index in [0.717, 1.165) is 5.56 Å². The van der Waals surface area contributed by atoms with Gasteiger partial charge in [0.1, 0.15) is 0 Å². The van der Waals surface area contributed by atoms with Gasteiger partial charge >= 0.3 is 5.97 Å². The van der Waals surface area contributed by atoms with Crippen LogP contribution in [-0.2, 0) is 16.1 Å². The molecule has 0 saturated heterocycles. The van der Waals surface area contributed by atoms with E-state index in [0.29, 0.717) is 18.7 Å². The zero-order valence-electron chi connectivity index (χ0n) is 9.19. The second kappa shape index (κ2) is 6.59. The molecule has 4 nitrogen and oxygen atoms in total. The summed E-state index contributed by atoms with van der Waals surface area (Å²) in [6, 6.07) is 9.32. The van der Waals surface area contributed by atoms with Gasteiger partial charge in [-0.25, -0.2) is 0 Å². The first-order valence-corrected chi connectivity index (χ1v) is 5.11. The van der Waals surface area contributed by atoms with Crippen molar-refractivity contribution in [2.45, 2.75) is 13.5 Å². The summed E-state index contributed by atoms with van der Waals surface area (Å²) in [6.45, 7) is 2.90. The summed E-state index contributed by atoms with van der Waals surface area (Å²) < 4.78 is 4.77. The zero-order valence-corrected chi connectivity index (χ0v) is 9.19. The Morgan fingerprint density at radius 2 is 2.38 bits per heavy atom. The van der Waals surface area contributed by atoms with E-state index in [9.17, 15) is 4.79 Å². The number of hydrogen-bond acceptors (Lipinski definition) is 4. The minimum absolute atomic E-state index is 0.185. The molecule has 0 aliphatic carbocycles. The van der Waals surface area contributed by atoms with Crippen LogP contribution in [0.15, 0.2) is 24.3 Å². The van der Waals surface area contributed by atoms with Crippen LogP contribution < -0.4 is 5.32 Å². The highest BCUT2D eigenvalue weighted by Gasteiger charge is 2.00. The third-order valence-electron chi connectivity index (χ3n) is 1.96. The lowest BCUT2D eigenvalue weighted by Gasteiger charge is -2.04. The van der Waals surface area contributed by atoms with E-state index in [1.807, 2.05) is 12.1 Å². The SMILES string of the molecule is CCOC(=O)CNCc1cccc(C#N)c1. The van der Waals surface area contributed by atoms with Gasteiger partial charge in [-0.15, -0.1) is 0 Å². The fourth-order valence-corrected chi connectivity index (χ4v) is 1.27. The molecule has 0 unspecified atom stereocenters. The van der Waals surface area contributed by atoms with E-state index in [-0.39, 0.29) is 12.5 Å². The lowest BCUT2D eigenvalue weighted by atomic mass is 10.1. The Balaban J connectivity index is 2.37. The lowest BCUT2D eigenvalue weighted by Crippen LogP contribution is -2.24. The standard InChI is InChI=1S/C12H14N2O2/c1-2-16-12(15)9-14-8-11-5-3-4-10(6-11)7-13/h3-6,14H,2,8-9H2,1H3. The van der Waals surface area contributed by atoms with Gasteiger partial charge in [0.25, 0.3) is 0 Å². The minimum Gasteiger partial charge on any atom is -0.465 e. The Morgan fingerprint density at radius 1 is 1.56 bits per heavy atom. The molecule has 0 heterocycles. The van der Waals surface area contributed by atoms with E-state index in [1.165, 1.54) is 0 Å². The Kier molecular flexibility index (Phi) is 5.03. The highest BCUT2D eigenvalue weighted by molar-refractivity contribution is 5.71. The molecule has 84 valence electrons. The van der Waals surface area contributed by atoms with Crippen molar-refractivity contribution in [3.8, 4) is 6.07 Å². The number of benzene rings is 1. The predicted molar refractivity (Wildman–Crippen MR) is 59.5 cm³/mol. The van der Waals surface area contributed by atoms with Crippen LogP contribution in [0.5, 0.6) is 0 Å². The first-order valence-electron chi connectivity index (χ1n) is 5.11. The number of rotatable bonds is 5. The summed E-state index contributed by atoms with van der Waals surface area (Å²) in [7, 11) is 0. The molecular formula is C12H14N2O2. The molecule has 1 rings (SSSR count). The molecule has 0 amide bonds. The van der Waals surface area contributed by atoms with Crippen molar-refractivity contribution in [2.75, 3.05) is 13.2 Å². The normalized spacial score (nSPS) is 9.50. The number of carbonyl (C=O) groups excluding carboxylic acids is 1. The maximum Gasteiger partial charge on any atom is 0.319 e. The molecule has 0 bridgehead atoms. The molecule has 0 aromatic heterocycles. The molecule has 0 aliphatic heterocycles. The molecule has 0 radical (unpaired) electrons. The molecule has 0 atom stereocenters. The largest absolute Gasteiger partial charge is 0.465 e. The first-order chi connectivity index (χ1) is 7.76. The fraction of sp³-hybridized carbons (Fsp3) is 0.333. The van der Waals surface area contributed by atoms with E-state index in [2.05, 4.69) is 11.4 Å². The maximum absolute atomic E-state index is 11.0. The highest BCUT2D eigenvalue weighted by atomic mass is 16.5. The summed E-state index contributed by atoms with van der Waals surface area (Å²) in [5, 5.41) is 11.7. The third kappa shape index (κ3) is 4.11. The Morgan fingerprint density at radius 3 is 3.06 bits per heavy atom. The molecule has 1 aromatic carbocycles. The Labute approximate surface area is 94.8 Å². The lowest BCUT2D eigenvalue weighted by molar-refractivity contribution is -0.142. The predicted octanol–water partition coefficient (Wildman–Crippen LogP) is 1.21. The maximum atomic E-state index is 11.0. The first kappa shape index (κ1) is 12.2. The number of nitrogens with one attached hydrogen (secondary N) is 1. The van der Waals surface area contributed by atoms with Gasteiger partial charge < -0.3 is 10.1 Å². The summed E-state index contributed by atoms with van der Waals surface area (Å²) in [4.78, 5) is 11.0. The van der Waals surface area contributed by atoms with Crippen LogP contribution in [0.4, 0.5) is 0 Å². The number of esters is 1. The van der Waals surface area contributed by atoms with Crippen LogP contribution in [0.25, 0.3) is 0 Å². The molecule has 0 fully saturated rings. The van der Waals surface area contributed by atoms with Crippen molar-refractivity contribution in [1.82, 2.24) is 5.32 Å². The van der Waals surface area contributed by atoms with Crippen molar-refractivity contribution in [3.05, 3.63) is 35.4 Å². The zero-order chi connectivity index (χ0) is 11.8. The van der Waals surface area contributed by atoms with Gasteiger partial charge in [0.15, 0.2) is 0 Å². The smallest absolute Gasteiger partial charge is 0.319 e. The van der Waals surface area contributed by atoms with Gasteiger partial charge in [-0.1, -0.05) is 12.1 Å². The molecule has 0 aliphatic rings. The van der Waals surface area contributed by atoms with Crippen molar-refractivity contribution in [2.24, 2.45) is 0 Å². The average Bonchev–Trinajstić information content (AvgIpc) is 2.30. The summed E-state index contributed by atoms with van der Waals surface area (Å²) in [6.07, 6.45) is 0. The summed E-state index contributed by atoms with van der Waals surface area (Å²) in [5.41, 5.74) is 1.60. The average molecular weight is 218 g/mol. The van der Waals surface area contributed by atoms with Crippen LogP contribution >= 0.6 is 0 Å². The number of carbonyl (C=O) groups is 1. The van der Waals surface area contributed by atoms with Gasteiger partial charge in [-0.2, -0.15) is 5.26 Å². The summed E-state index contributed by atoms with van der Waals surface area (Å²) in [5.74, 6) is -0.265. The number of hydrogen-bond donors (Lipinski definition) is 1. The van der Waals surface area contributed by atoms with Crippen LogP contribution in [0.1, 0.15) is 18.1 Å². The van der Waals surface area contributed by atoms with Gasteiger partial charge in [-0.05, 0) is 24.6 Å². The molecule has 1 N–H and O–H groups in total. The monoisotopic (exact) mass is 218 g/mol.